The number of piperazine rings is 1. The number of rotatable bonds is 4. The average molecular weight is 286 g/mol. The van der Waals surface area contributed by atoms with Gasteiger partial charge in [0.05, 0.1) is 19.0 Å². The van der Waals surface area contributed by atoms with Gasteiger partial charge in [0.15, 0.2) is 0 Å². The highest BCUT2D eigenvalue weighted by Gasteiger charge is 2.17. The van der Waals surface area contributed by atoms with Gasteiger partial charge in [0.25, 0.3) is 0 Å². The second-order valence-corrected chi connectivity index (χ2v) is 4.72. The highest BCUT2D eigenvalue weighted by molar-refractivity contribution is 5.46. The van der Waals surface area contributed by atoms with Crippen molar-refractivity contribution in [3.05, 3.63) is 36.8 Å². The zero-order valence-electron chi connectivity index (χ0n) is 11.9. The number of nitrogens with zero attached hydrogens (tertiary/aromatic N) is 5. The molecule has 7 heteroatoms. The van der Waals surface area contributed by atoms with Crippen molar-refractivity contribution in [1.29, 1.82) is 0 Å². The van der Waals surface area contributed by atoms with Crippen molar-refractivity contribution in [3.63, 3.8) is 0 Å². The first-order valence-electron chi connectivity index (χ1n) is 6.89. The van der Waals surface area contributed by atoms with E-state index in [0.717, 1.165) is 31.9 Å². The predicted molar refractivity (Wildman–Crippen MR) is 80.2 cm³/mol. The predicted octanol–water partition coefficient (Wildman–Crippen LogP) is 1.03. The zero-order valence-corrected chi connectivity index (χ0v) is 11.9. The van der Waals surface area contributed by atoms with Gasteiger partial charge in [0.1, 0.15) is 0 Å². The molecule has 0 aromatic carbocycles. The molecular formula is C14H18N6O. The zero-order chi connectivity index (χ0) is 14.5. The quantitative estimate of drug-likeness (QED) is 0.900. The molecule has 1 aliphatic rings. The van der Waals surface area contributed by atoms with Gasteiger partial charge in [-0.1, -0.05) is 0 Å². The van der Waals surface area contributed by atoms with E-state index in [1.807, 2.05) is 18.3 Å². The third-order valence-corrected chi connectivity index (χ3v) is 3.40. The fraction of sp³-hybridized carbons (Fsp3) is 0.357. The number of hydrazine groups is 1. The van der Waals surface area contributed by atoms with E-state index in [0.29, 0.717) is 11.8 Å². The molecule has 0 aliphatic carbocycles. The fourth-order valence-electron chi connectivity index (χ4n) is 2.25. The number of pyridine rings is 1. The molecule has 0 spiro atoms. The number of anilines is 2. The van der Waals surface area contributed by atoms with Gasteiger partial charge in [-0.2, -0.15) is 0 Å². The summed E-state index contributed by atoms with van der Waals surface area (Å²) in [5.41, 5.74) is 4.34. The molecule has 110 valence electrons. The van der Waals surface area contributed by atoms with Crippen LogP contribution in [0.2, 0.25) is 0 Å². The molecule has 0 radical (unpaired) electrons. The lowest BCUT2D eigenvalue weighted by molar-refractivity contribution is 0.305. The Labute approximate surface area is 123 Å². The minimum Gasteiger partial charge on any atom is -0.481 e. The van der Waals surface area contributed by atoms with Gasteiger partial charge in [-0.05, 0) is 12.1 Å². The summed E-state index contributed by atoms with van der Waals surface area (Å²) in [7, 11) is 1.62. The lowest BCUT2D eigenvalue weighted by Crippen LogP contribution is -2.48. The molecule has 2 aromatic rings. The van der Waals surface area contributed by atoms with E-state index >= 15 is 0 Å². The van der Waals surface area contributed by atoms with Crippen LogP contribution in [0.5, 0.6) is 5.88 Å². The Balaban J connectivity index is 1.54. The van der Waals surface area contributed by atoms with E-state index in [9.17, 15) is 0 Å². The number of ether oxygens (including phenoxy) is 1. The summed E-state index contributed by atoms with van der Waals surface area (Å²) < 4.78 is 5.08. The van der Waals surface area contributed by atoms with Crippen LogP contribution in [-0.4, -0.2) is 53.2 Å². The van der Waals surface area contributed by atoms with Gasteiger partial charge >= 0.3 is 0 Å². The normalized spacial score (nSPS) is 15.8. The molecule has 7 nitrogen and oxygen atoms in total. The van der Waals surface area contributed by atoms with Gasteiger partial charge in [0.2, 0.25) is 11.8 Å². The van der Waals surface area contributed by atoms with E-state index in [1.165, 1.54) is 0 Å². The minimum absolute atomic E-state index is 0.636. The van der Waals surface area contributed by atoms with Crippen LogP contribution in [0.4, 0.5) is 11.6 Å². The van der Waals surface area contributed by atoms with Crippen molar-refractivity contribution < 1.29 is 4.74 Å². The first kappa shape index (κ1) is 13.6. The van der Waals surface area contributed by atoms with Crippen molar-refractivity contribution in [1.82, 2.24) is 20.0 Å². The van der Waals surface area contributed by atoms with E-state index in [4.69, 9.17) is 4.74 Å². The van der Waals surface area contributed by atoms with Crippen LogP contribution in [0.25, 0.3) is 0 Å². The molecule has 1 aliphatic heterocycles. The fourth-order valence-corrected chi connectivity index (χ4v) is 2.25. The number of aromatic nitrogens is 3. The number of hydrogen-bond donors (Lipinski definition) is 1. The SMILES string of the molecule is COc1ccc(N2CCN(Nc3ncccn3)CC2)cn1. The second-order valence-electron chi connectivity index (χ2n) is 4.72. The maximum Gasteiger partial charge on any atom is 0.237 e. The first-order valence-corrected chi connectivity index (χ1v) is 6.89. The highest BCUT2D eigenvalue weighted by atomic mass is 16.5. The van der Waals surface area contributed by atoms with E-state index < -0.39 is 0 Å². The Bertz CT molecular complexity index is 553. The van der Waals surface area contributed by atoms with Gasteiger partial charge in [-0.15, -0.1) is 0 Å². The van der Waals surface area contributed by atoms with E-state index in [2.05, 4.69) is 30.3 Å². The van der Waals surface area contributed by atoms with Crippen LogP contribution in [-0.2, 0) is 0 Å². The molecule has 0 atom stereocenters. The average Bonchev–Trinajstić information content (AvgIpc) is 2.57. The summed E-state index contributed by atoms with van der Waals surface area (Å²) in [5.74, 6) is 1.28. The van der Waals surface area contributed by atoms with Crippen molar-refractivity contribution in [3.8, 4) is 5.88 Å². The monoisotopic (exact) mass is 286 g/mol. The molecular weight excluding hydrogens is 268 g/mol. The van der Waals surface area contributed by atoms with Crippen LogP contribution >= 0.6 is 0 Å². The molecule has 1 N–H and O–H groups in total. The summed E-state index contributed by atoms with van der Waals surface area (Å²) in [6, 6.07) is 5.73. The molecule has 1 fully saturated rings. The van der Waals surface area contributed by atoms with Crippen LogP contribution in [0.3, 0.4) is 0 Å². The molecule has 3 heterocycles. The summed E-state index contributed by atoms with van der Waals surface area (Å²) in [6.07, 6.45) is 5.31. The topological polar surface area (TPSA) is 66.4 Å². The maximum absolute atomic E-state index is 5.08. The van der Waals surface area contributed by atoms with Gasteiger partial charge in [-0.3, -0.25) is 5.43 Å². The maximum atomic E-state index is 5.08. The van der Waals surface area contributed by atoms with Gasteiger partial charge in [0, 0.05) is 44.6 Å². The Morgan fingerprint density at radius 2 is 1.81 bits per heavy atom. The first-order chi connectivity index (χ1) is 10.3. The molecule has 21 heavy (non-hydrogen) atoms. The molecule has 3 rings (SSSR count). The smallest absolute Gasteiger partial charge is 0.237 e. The Hall–Kier alpha value is -2.41. The van der Waals surface area contributed by atoms with E-state index in [1.54, 1.807) is 25.6 Å². The second kappa shape index (κ2) is 6.36. The summed E-state index contributed by atoms with van der Waals surface area (Å²) in [6.45, 7) is 3.64. The van der Waals surface area contributed by atoms with Crippen LogP contribution in [0.15, 0.2) is 36.8 Å². The van der Waals surface area contributed by atoms with Crippen molar-refractivity contribution in [2.24, 2.45) is 0 Å². The Morgan fingerprint density at radius 1 is 1.05 bits per heavy atom. The molecule has 0 unspecified atom stereocenters. The van der Waals surface area contributed by atoms with Gasteiger partial charge < -0.3 is 9.64 Å². The minimum atomic E-state index is 0.636. The Kier molecular flexibility index (Phi) is 4.11. The number of methoxy groups -OCH3 is 1. The summed E-state index contributed by atoms with van der Waals surface area (Å²) in [5, 5.41) is 2.13. The van der Waals surface area contributed by atoms with Gasteiger partial charge in [-0.25, -0.2) is 20.0 Å². The van der Waals surface area contributed by atoms with Crippen molar-refractivity contribution in [2.75, 3.05) is 43.6 Å². The summed E-state index contributed by atoms with van der Waals surface area (Å²) in [4.78, 5) is 14.9. The number of hydrogen-bond acceptors (Lipinski definition) is 7. The molecule has 0 amide bonds. The molecule has 0 saturated carbocycles. The van der Waals surface area contributed by atoms with Crippen LogP contribution in [0, 0.1) is 0 Å². The van der Waals surface area contributed by atoms with Crippen LogP contribution < -0.4 is 15.1 Å². The lowest BCUT2D eigenvalue weighted by Gasteiger charge is -2.35. The van der Waals surface area contributed by atoms with Crippen LogP contribution in [0.1, 0.15) is 0 Å². The largest absolute Gasteiger partial charge is 0.481 e. The third-order valence-electron chi connectivity index (χ3n) is 3.40. The van der Waals surface area contributed by atoms with Crippen molar-refractivity contribution >= 4 is 11.6 Å². The van der Waals surface area contributed by atoms with Crippen molar-refractivity contribution in [2.45, 2.75) is 0 Å². The lowest BCUT2D eigenvalue weighted by atomic mass is 10.3. The summed E-state index contributed by atoms with van der Waals surface area (Å²) >= 11 is 0. The third kappa shape index (κ3) is 3.38. The molecule has 1 saturated heterocycles. The number of nitrogens with one attached hydrogen (secondary N) is 1. The molecule has 0 bridgehead atoms. The Morgan fingerprint density at radius 3 is 2.43 bits per heavy atom. The molecule has 2 aromatic heterocycles. The standard InChI is InChI=1S/C14H18N6O/c1-21-13-4-3-12(11-17-13)19-7-9-20(10-8-19)18-14-15-5-2-6-16-14/h2-6,11H,7-10H2,1H3,(H,15,16,18). The highest BCUT2D eigenvalue weighted by Crippen LogP contribution is 2.17. The van der Waals surface area contributed by atoms with E-state index in [-0.39, 0.29) is 0 Å².